The maximum Gasteiger partial charge on any atom is 0.413 e. The lowest BCUT2D eigenvalue weighted by molar-refractivity contribution is -0.143. The van der Waals surface area contributed by atoms with E-state index in [-0.39, 0.29) is 6.61 Å². The molecule has 0 bridgehead atoms. The van der Waals surface area contributed by atoms with Crippen LogP contribution in [0, 0.1) is 0 Å². The van der Waals surface area contributed by atoms with Crippen LogP contribution < -0.4 is 14.8 Å². The SMILES string of the molecule is CCOC(=O)NC(=O)COC(=O)/C=C/c1cc(Cl)c2c(c1)OCCCO2. The van der Waals surface area contributed by atoms with Crippen molar-refractivity contribution in [2.24, 2.45) is 0 Å². The van der Waals surface area contributed by atoms with Gasteiger partial charge < -0.3 is 18.9 Å². The van der Waals surface area contributed by atoms with Gasteiger partial charge in [0.25, 0.3) is 5.91 Å². The second-order valence-corrected chi connectivity index (χ2v) is 5.50. The maximum atomic E-state index is 11.7. The van der Waals surface area contributed by atoms with Crippen molar-refractivity contribution in [2.75, 3.05) is 26.4 Å². The van der Waals surface area contributed by atoms with Gasteiger partial charge in [-0.05, 0) is 30.7 Å². The summed E-state index contributed by atoms with van der Waals surface area (Å²) in [4.78, 5) is 34.1. The fourth-order valence-electron chi connectivity index (χ4n) is 2.01. The van der Waals surface area contributed by atoms with Crippen molar-refractivity contribution < 1.29 is 33.3 Å². The van der Waals surface area contributed by atoms with E-state index in [1.54, 1.807) is 19.1 Å². The first-order chi connectivity index (χ1) is 12.5. The Labute approximate surface area is 155 Å². The monoisotopic (exact) mass is 383 g/mol. The van der Waals surface area contributed by atoms with Gasteiger partial charge in [0.1, 0.15) is 0 Å². The number of alkyl carbamates (subject to hydrolysis) is 1. The smallest absolute Gasteiger partial charge is 0.413 e. The fourth-order valence-corrected chi connectivity index (χ4v) is 2.29. The number of imide groups is 1. The normalized spacial score (nSPS) is 13.0. The first-order valence-corrected chi connectivity index (χ1v) is 8.28. The van der Waals surface area contributed by atoms with Crippen LogP contribution in [0.2, 0.25) is 5.02 Å². The summed E-state index contributed by atoms with van der Waals surface area (Å²) in [5, 5.41) is 2.28. The third-order valence-electron chi connectivity index (χ3n) is 3.10. The third kappa shape index (κ3) is 5.96. The highest BCUT2D eigenvalue weighted by Crippen LogP contribution is 2.38. The lowest BCUT2D eigenvalue weighted by atomic mass is 10.2. The zero-order chi connectivity index (χ0) is 18.9. The number of amides is 2. The van der Waals surface area contributed by atoms with Gasteiger partial charge in [-0.1, -0.05) is 11.6 Å². The number of esters is 1. The highest BCUT2D eigenvalue weighted by molar-refractivity contribution is 6.32. The van der Waals surface area contributed by atoms with Crippen LogP contribution in [0.25, 0.3) is 6.08 Å². The molecule has 1 aromatic rings. The van der Waals surface area contributed by atoms with Crippen LogP contribution in [0.3, 0.4) is 0 Å². The molecule has 0 unspecified atom stereocenters. The number of hydrogen-bond donors (Lipinski definition) is 1. The van der Waals surface area contributed by atoms with E-state index in [0.29, 0.717) is 35.3 Å². The van der Waals surface area contributed by atoms with Crippen LogP contribution in [0.5, 0.6) is 11.5 Å². The summed E-state index contributed by atoms with van der Waals surface area (Å²) < 4.78 is 20.3. The molecule has 8 nitrogen and oxygen atoms in total. The molecule has 0 atom stereocenters. The van der Waals surface area contributed by atoms with E-state index < -0.39 is 24.6 Å². The number of ether oxygens (including phenoxy) is 4. The van der Waals surface area contributed by atoms with Crippen LogP contribution in [0.1, 0.15) is 18.9 Å². The summed E-state index contributed by atoms with van der Waals surface area (Å²) in [6.45, 7) is 2.14. The van der Waals surface area contributed by atoms with Crippen LogP contribution >= 0.6 is 11.6 Å². The Morgan fingerprint density at radius 2 is 2.00 bits per heavy atom. The van der Waals surface area contributed by atoms with Crippen molar-refractivity contribution in [3.63, 3.8) is 0 Å². The molecule has 0 saturated heterocycles. The molecular formula is C17H18ClNO7. The fraction of sp³-hybridized carbons (Fsp3) is 0.353. The van der Waals surface area contributed by atoms with Gasteiger partial charge in [0.2, 0.25) is 0 Å². The van der Waals surface area contributed by atoms with Gasteiger partial charge >= 0.3 is 12.1 Å². The van der Waals surface area contributed by atoms with Crippen molar-refractivity contribution >= 4 is 35.6 Å². The molecule has 0 fully saturated rings. The van der Waals surface area contributed by atoms with Gasteiger partial charge in [0, 0.05) is 12.5 Å². The van der Waals surface area contributed by atoms with E-state index in [1.165, 1.54) is 6.08 Å². The summed E-state index contributed by atoms with van der Waals surface area (Å²) in [6, 6.07) is 3.30. The lowest BCUT2D eigenvalue weighted by Gasteiger charge is -2.09. The van der Waals surface area contributed by atoms with Gasteiger partial charge in [0.05, 0.1) is 24.8 Å². The van der Waals surface area contributed by atoms with Crippen LogP contribution in [-0.2, 0) is 19.1 Å². The summed E-state index contributed by atoms with van der Waals surface area (Å²) >= 11 is 6.16. The molecule has 0 aromatic heterocycles. The molecule has 1 aliphatic rings. The average Bonchev–Trinajstić information content (AvgIpc) is 2.84. The van der Waals surface area contributed by atoms with Crippen molar-refractivity contribution in [3.05, 3.63) is 28.8 Å². The minimum absolute atomic E-state index is 0.125. The quantitative estimate of drug-likeness (QED) is 0.615. The Kier molecular flexibility index (Phi) is 7.28. The second kappa shape index (κ2) is 9.67. The highest BCUT2D eigenvalue weighted by Gasteiger charge is 2.15. The first kappa shape index (κ1) is 19.6. The first-order valence-electron chi connectivity index (χ1n) is 7.90. The Morgan fingerprint density at radius 1 is 1.23 bits per heavy atom. The minimum Gasteiger partial charge on any atom is -0.489 e. The molecule has 1 aliphatic heterocycles. The highest BCUT2D eigenvalue weighted by atomic mass is 35.5. The van der Waals surface area contributed by atoms with E-state index in [2.05, 4.69) is 4.74 Å². The number of fused-ring (bicyclic) bond motifs is 1. The lowest BCUT2D eigenvalue weighted by Crippen LogP contribution is -2.34. The molecule has 26 heavy (non-hydrogen) atoms. The Balaban J connectivity index is 1.90. The van der Waals surface area contributed by atoms with E-state index in [0.717, 1.165) is 12.5 Å². The largest absolute Gasteiger partial charge is 0.489 e. The summed E-state index contributed by atoms with van der Waals surface area (Å²) in [7, 11) is 0. The van der Waals surface area contributed by atoms with E-state index in [4.69, 9.17) is 25.8 Å². The predicted octanol–water partition coefficient (Wildman–Crippen LogP) is 2.33. The van der Waals surface area contributed by atoms with Crippen molar-refractivity contribution in [1.29, 1.82) is 0 Å². The predicted molar refractivity (Wildman–Crippen MR) is 92.2 cm³/mol. The minimum atomic E-state index is -0.897. The molecular weight excluding hydrogens is 366 g/mol. The molecule has 0 saturated carbocycles. The molecule has 2 rings (SSSR count). The summed E-state index contributed by atoms with van der Waals surface area (Å²) in [5.74, 6) is -0.576. The molecule has 1 N–H and O–H groups in total. The number of halogens is 1. The molecule has 1 aromatic carbocycles. The molecule has 0 aliphatic carbocycles. The second-order valence-electron chi connectivity index (χ2n) is 5.09. The number of carbonyl (C=O) groups is 3. The average molecular weight is 384 g/mol. The van der Waals surface area contributed by atoms with Gasteiger partial charge in [-0.2, -0.15) is 0 Å². The molecule has 140 valence electrons. The number of rotatable bonds is 5. The van der Waals surface area contributed by atoms with E-state index in [9.17, 15) is 14.4 Å². The van der Waals surface area contributed by atoms with Crippen LogP contribution in [0.4, 0.5) is 4.79 Å². The molecule has 0 radical (unpaired) electrons. The number of carbonyl (C=O) groups excluding carboxylic acids is 3. The number of benzene rings is 1. The topological polar surface area (TPSA) is 100 Å². The standard InChI is InChI=1S/C17H18ClNO7/c1-2-23-17(22)19-14(20)10-26-15(21)5-4-11-8-12(18)16-13(9-11)24-6-3-7-25-16/h4-5,8-9H,2-3,6-7,10H2,1H3,(H,19,20,22)/b5-4+. The zero-order valence-corrected chi connectivity index (χ0v) is 14.8. The maximum absolute atomic E-state index is 11.7. The van der Waals surface area contributed by atoms with Gasteiger partial charge in [-0.25, -0.2) is 9.59 Å². The summed E-state index contributed by atoms with van der Waals surface area (Å²) in [6.07, 6.45) is 2.45. The third-order valence-corrected chi connectivity index (χ3v) is 3.38. The van der Waals surface area contributed by atoms with Gasteiger partial charge in [-0.15, -0.1) is 0 Å². The van der Waals surface area contributed by atoms with Crippen molar-refractivity contribution in [2.45, 2.75) is 13.3 Å². The molecule has 0 spiro atoms. The zero-order valence-electron chi connectivity index (χ0n) is 14.1. The van der Waals surface area contributed by atoms with Crippen molar-refractivity contribution in [3.8, 4) is 11.5 Å². The number of nitrogens with one attached hydrogen (secondary N) is 1. The number of hydrogen-bond acceptors (Lipinski definition) is 7. The summed E-state index contributed by atoms with van der Waals surface area (Å²) in [5.41, 5.74) is 0.604. The van der Waals surface area contributed by atoms with E-state index in [1.807, 2.05) is 5.32 Å². The van der Waals surface area contributed by atoms with Crippen molar-refractivity contribution in [1.82, 2.24) is 5.32 Å². The molecule has 1 heterocycles. The van der Waals surface area contributed by atoms with Crippen LogP contribution in [-0.4, -0.2) is 44.4 Å². The van der Waals surface area contributed by atoms with E-state index >= 15 is 0 Å². The van der Waals surface area contributed by atoms with Crippen LogP contribution in [0.15, 0.2) is 18.2 Å². The Bertz CT molecular complexity index is 717. The molecule has 9 heteroatoms. The van der Waals surface area contributed by atoms with Gasteiger partial charge in [-0.3, -0.25) is 10.1 Å². The molecule has 2 amide bonds. The Hall–Kier alpha value is -2.74. The van der Waals surface area contributed by atoms with Gasteiger partial charge in [0.15, 0.2) is 18.1 Å². The Morgan fingerprint density at radius 3 is 2.77 bits per heavy atom.